The molecule has 2 atom stereocenters. The molecule has 1 unspecified atom stereocenters. The summed E-state index contributed by atoms with van der Waals surface area (Å²) in [6, 6.07) is -0.631. The number of nitrogens with two attached hydrogens (primary N) is 1. The van der Waals surface area contributed by atoms with Crippen LogP contribution >= 0.6 is 15.9 Å². The molecule has 5 nitrogen and oxygen atoms in total. The molecule has 0 saturated carbocycles. The zero-order valence-electron chi connectivity index (χ0n) is 7.90. The molecule has 1 heterocycles. The first kappa shape index (κ1) is 11.5. The van der Waals surface area contributed by atoms with E-state index in [0.29, 0.717) is 19.4 Å². The van der Waals surface area contributed by atoms with Gasteiger partial charge < -0.3 is 15.3 Å². The number of rotatable bonds is 4. The van der Waals surface area contributed by atoms with Crippen LogP contribution in [0.1, 0.15) is 19.8 Å². The zero-order chi connectivity index (χ0) is 10.6. The van der Waals surface area contributed by atoms with Gasteiger partial charge >= 0.3 is 5.97 Å². The van der Waals surface area contributed by atoms with Gasteiger partial charge in [0.15, 0.2) is 0 Å². The lowest BCUT2D eigenvalue weighted by Crippen LogP contribution is -2.35. The smallest absolute Gasteiger partial charge is 0.323 e. The molecule has 0 bridgehead atoms. The summed E-state index contributed by atoms with van der Waals surface area (Å²) in [5.74, 6) is -0.390. The largest absolute Gasteiger partial charge is 0.465 e. The number of esters is 1. The summed E-state index contributed by atoms with van der Waals surface area (Å²) in [4.78, 5) is 16.2. The summed E-state index contributed by atoms with van der Waals surface area (Å²) in [7, 11) is 0. The van der Waals surface area contributed by atoms with Crippen molar-refractivity contribution in [3.63, 3.8) is 0 Å². The normalized spacial score (nSPS) is 22.5. The Morgan fingerprint density at radius 2 is 2.64 bits per heavy atom. The Kier molecular flexibility index (Phi) is 4.34. The summed E-state index contributed by atoms with van der Waals surface area (Å²) in [5, 5.41) is 3.70. The Hall–Kier alpha value is -0.620. The lowest BCUT2D eigenvalue weighted by atomic mass is 10.1. The average molecular weight is 265 g/mol. The molecular formula is C8H13BrN2O3. The maximum Gasteiger partial charge on any atom is 0.323 e. The minimum Gasteiger partial charge on any atom is -0.465 e. The van der Waals surface area contributed by atoms with E-state index in [9.17, 15) is 4.79 Å². The van der Waals surface area contributed by atoms with Gasteiger partial charge in [0.2, 0.25) is 0 Å². The molecule has 6 heteroatoms. The first-order chi connectivity index (χ1) is 6.63. The summed E-state index contributed by atoms with van der Waals surface area (Å²) in [6.45, 7) is 2.09. The van der Waals surface area contributed by atoms with Crippen molar-refractivity contribution in [3.05, 3.63) is 0 Å². The van der Waals surface area contributed by atoms with Crippen LogP contribution in [0.2, 0.25) is 0 Å². The molecule has 2 N–H and O–H groups in total. The molecule has 0 spiro atoms. The molecular weight excluding hydrogens is 252 g/mol. The van der Waals surface area contributed by atoms with Crippen LogP contribution in [0.5, 0.6) is 0 Å². The molecule has 80 valence electrons. The van der Waals surface area contributed by atoms with Crippen LogP contribution in [0.3, 0.4) is 0 Å². The predicted octanol–water partition coefficient (Wildman–Crippen LogP) is 0.764. The van der Waals surface area contributed by atoms with E-state index in [1.165, 1.54) is 0 Å². The molecule has 0 amide bonds. The number of hydrogen-bond acceptors (Lipinski definition) is 5. The van der Waals surface area contributed by atoms with Gasteiger partial charge in [-0.2, -0.15) is 0 Å². The Morgan fingerprint density at radius 3 is 3.14 bits per heavy atom. The molecule has 0 saturated heterocycles. The average Bonchev–Trinajstić information content (AvgIpc) is 2.51. The molecule has 0 radical (unpaired) electrons. The topological polar surface area (TPSA) is 73.9 Å². The van der Waals surface area contributed by atoms with Gasteiger partial charge in [-0.1, -0.05) is 5.16 Å². The minimum atomic E-state index is -0.631. The number of halogens is 1. The van der Waals surface area contributed by atoms with Crippen molar-refractivity contribution in [1.29, 1.82) is 0 Å². The van der Waals surface area contributed by atoms with Crippen LogP contribution in [-0.2, 0) is 14.4 Å². The molecule has 0 aromatic carbocycles. The van der Waals surface area contributed by atoms with E-state index in [4.69, 9.17) is 15.3 Å². The van der Waals surface area contributed by atoms with Gasteiger partial charge in [-0.05, 0) is 22.9 Å². The Labute approximate surface area is 90.7 Å². The van der Waals surface area contributed by atoms with Crippen molar-refractivity contribution in [3.8, 4) is 0 Å². The van der Waals surface area contributed by atoms with Gasteiger partial charge in [0.25, 0.3) is 0 Å². The number of oxime groups is 1. The first-order valence-electron chi connectivity index (χ1n) is 4.44. The van der Waals surface area contributed by atoms with E-state index in [-0.39, 0.29) is 12.1 Å². The van der Waals surface area contributed by atoms with Gasteiger partial charge in [0.1, 0.15) is 16.8 Å². The van der Waals surface area contributed by atoms with Crippen molar-refractivity contribution >= 4 is 26.5 Å². The third-order valence-electron chi connectivity index (χ3n) is 1.80. The van der Waals surface area contributed by atoms with Crippen molar-refractivity contribution in [2.75, 3.05) is 6.61 Å². The van der Waals surface area contributed by atoms with E-state index in [2.05, 4.69) is 21.1 Å². The highest BCUT2D eigenvalue weighted by atomic mass is 79.9. The summed E-state index contributed by atoms with van der Waals surface area (Å²) in [6.07, 6.45) is 0.966. The van der Waals surface area contributed by atoms with E-state index >= 15 is 0 Å². The number of carbonyl (C=O) groups is 1. The number of ether oxygens (including phenoxy) is 1. The summed E-state index contributed by atoms with van der Waals surface area (Å²) < 4.78 is 5.52. The molecule has 0 aliphatic carbocycles. The molecule has 1 aliphatic rings. The van der Waals surface area contributed by atoms with Crippen molar-refractivity contribution in [2.45, 2.75) is 31.9 Å². The first-order valence-corrected chi connectivity index (χ1v) is 5.23. The van der Waals surface area contributed by atoms with Gasteiger partial charge in [-0.3, -0.25) is 4.79 Å². The molecule has 14 heavy (non-hydrogen) atoms. The van der Waals surface area contributed by atoms with E-state index in [1.807, 2.05) is 0 Å². The van der Waals surface area contributed by atoms with Gasteiger partial charge in [0.05, 0.1) is 6.61 Å². The highest BCUT2D eigenvalue weighted by molar-refractivity contribution is 9.18. The number of hydrogen-bond donors (Lipinski definition) is 1. The number of nitrogens with zero attached hydrogens (tertiary/aromatic N) is 1. The van der Waals surface area contributed by atoms with E-state index < -0.39 is 6.04 Å². The second kappa shape index (κ2) is 5.31. The van der Waals surface area contributed by atoms with Gasteiger partial charge in [-0.25, -0.2) is 0 Å². The molecule has 0 aromatic rings. The predicted molar refractivity (Wildman–Crippen MR) is 55.1 cm³/mol. The van der Waals surface area contributed by atoms with Crippen LogP contribution in [-0.4, -0.2) is 29.3 Å². The fourth-order valence-electron chi connectivity index (χ4n) is 1.15. The van der Waals surface area contributed by atoms with Crippen molar-refractivity contribution in [1.82, 2.24) is 0 Å². The number of carbonyl (C=O) groups excluding carboxylic acids is 1. The Morgan fingerprint density at radius 1 is 1.93 bits per heavy atom. The molecule has 1 aliphatic heterocycles. The van der Waals surface area contributed by atoms with E-state index in [1.54, 1.807) is 6.92 Å². The van der Waals surface area contributed by atoms with Crippen LogP contribution < -0.4 is 5.73 Å². The van der Waals surface area contributed by atoms with Crippen molar-refractivity contribution in [2.24, 2.45) is 10.9 Å². The third-order valence-corrected chi connectivity index (χ3v) is 2.27. The van der Waals surface area contributed by atoms with Crippen molar-refractivity contribution < 1.29 is 14.4 Å². The quantitative estimate of drug-likeness (QED) is 0.762. The maximum absolute atomic E-state index is 11.2. The second-order valence-electron chi connectivity index (χ2n) is 2.99. The molecule has 0 fully saturated rings. The summed E-state index contributed by atoms with van der Waals surface area (Å²) >= 11 is 3.20. The lowest BCUT2D eigenvalue weighted by Gasteiger charge is -2.13. The van der Waals surface area contributed by atoms with Crippen LogP contribution in [0.4, 0.5) is 0 Å². The molecule has 0 aromatic heterocycles. The van der Waals surface area contributed by atoms with Crippen LogP contribution in [0, 0.1) is 0 Å². The summed E-state index contributed by atoms with van der Waals surface area (Å²) in [5.41, 5.74) is 5.61. The lowest BCUT2D eigenvalue weighted by molar-refractivity contribution is -0.145. The Bertz CT molecular complexity index is 245. The SMILES string of the molecule is CCOC(=O)[C@@H](N)CC1CC(Br)=NO1. The maximum atomic E-state index is 11.2. The standard InChI is InChI=1S/C8H13BrN2O3/c1-2-13-8(12)6(10)3-5-4-7(9)11-14-5/h5-6H,2-4,10H2,1H3/t5?,6-/m0/s1. The van der Waals surface area contributed by atoms with E-state index in [0.717, 1.165) is 4.62 Å². The monoisotopic (exact) mass is 264 g/mol. The van der Waals surface area contributed by atoms with Gasteiger partial charge in [0, 0.05) is 12.8 Å². The fraction of sp³-hybridized carbons (Fsp3) is 0.750. The highest BCUT2D eigenvalue weighted by Gasteiger charge is 2.25. The van der Waals surface area contributed by atoms with Crippen LogP contribution in [0.25, 0.3) is 0 Å². The van der Waals surface area contributed by atoms with Gasteiger partial charge in [-0.15, -0.1) is 0 Å². The second-order valence-corrected chi connectivity index (χ2v) is 3.91. The molecule has 1 rings (SSSR count). The fourth-order valence-corrected chi connectivity index (χ4v) is 1.59. The highest BCUT2D eigenvalue weighted by Crippen LogP contribution is 2.18. The minimum absolute atomic E-state index is 0.121. The zero-order valence-corrected chi connectivity index (χ0v) is 9.49. The van der Waals surface area contributed by atoms with Crippen LogP contribution in [0.15, 0.2) is 5.16 Å². The third kappa shape index (κ3) is 3.26. The Balaban J connectivity index is 2.27.